The Kier molecular flexibility index (Phi) is 5.38. The van der Waals surface area contributed by atoms with Gasteiger partial charge in [-0.15, -0.1) is 0 Å². The van der Waals surface area contributed by atoms with E-state index in [2.05, 4.69) is 4.99 Å². The Labute approximate surface area is 102 Å². The Morgan fingerprint density at radius 1 is 1.59 bits per heavy atom. The minimum atomic E-state index is -4.20. The van der Waals surface area contributed by atoms with Crippen molar-refractivity contribution in [1.82, 2.24) is 4.90 Å². The first-order chi connectivity index (χ1) is 7.88. The highest BCUT2D eigenvalue weighted by Crippen LogP contribution is 2.29. The predicted molar refractivity (Wildman–Crippen MR) is 62.0 cm³/mol. The van der Waals surface area contributed by atoms with Crippen molar-refractivity contribution in [1.29, 1.82) is 0 Å². The summed E-state index contributed by atoms with van der Waals surface area (Å²) in [6.45, 7) is 3.81. The fourth-order valence-electron chi connectivity index (χ4n) is 1.45. The molecule has 1 saturated heterocycles. The van der Waals surface area contributed by atoms with Gasteiger partial charge in [0.15, 0.2) is 5.96 Å². The molecule has 1 aliphatic rings. The van der Waals surface area contributed by atoms with E-state index in [4.69, 9.17) is 10.5 Å². The van der Waals surface area contributed by atoms with Gasteiger partial charge >= 0.3 is 5.51 Å². The van der Waals surface area contributed by atoms with Crippen molar-refractivity contribution in [2.75, 3.05) is 32.0 Å². The quantitative estimate of drug-likeness (QED) is 0.477. The van der Waals surface area contributed by atoms with E-state index in [0.29, 0.717) is 25.7 Å². The minimum Gasteiger partial charge on any atom is -0.375 e. The van der Waals surface area contributed by atoms with Gasteiger partial charge in [-0.1, -0.05) is 0 Å². The number of halogens is 3. The van der Waals surface area contributed by atoms with E-state index in [1.807, 2.05) is 11.8 Å². The largest absolute Gasteiger partial charge is 0.441 e. The number of alkyl halides is 3. The Morgan fingerprint density at radius 3 is 2.88 bits per heavy atom. The first-order valence-corrected chi connectivity index (χ1v) is 6.24. The molecule has 0 radical (unpaired) electrons. The van der Waals surface area contributed by atoms with E-state index >= 15 is 0 Å². The van der Waals surface area contributed by atoms with Crippen LogP contribution in [0.3, 0.4) is 0 Å². The maximum atomic E-state index is 11.8. The molecule has 1 unspecified atom stereocenters. The molecule has 0 amide bonds. The first kappa shape index (κ1) is 14.4. The van der Waals surface area contributed by atoms with Crippen molar-refractivity contribution in [3.63, 3.8) is 0 Å². The van der Waals surface area contributed by atoms with E-state index in [1.165, 1.54) is 0 Å². The van der Waals surface area contributed by atoms with Crippen LogP contribution >= 0.6 is 11.8 Å². The van der Waals surface area contributed by atoms with Crippen LogP contribution in [-0.4, -0.2) is 54.5 Å². The lowest BCUT2D eigenvalue weighted by atomic mass is 10.3. The van der Waals surface area contributed by atoms with E-state index < -0.39 is 5.51 Å². The smallest absolute Gasteiger partial charge is 0.375 e. The second kappa shape index (κ2) is 6.34. The molecule has 8 heteroatoms. The number of rotatable bonds is 3. The molecule has 0 aromatic carbocycles. The molecule has 2 N–H and O–H groups in total. The van der Waals surface area contributed by atoms with Crippen LogP contribution in [0, 0.1) is 0 Å². The summed E-state index contributed by atoms with van der Waals surface area (Å²) in [4.78, 5) is 5.76. The third-order valence-electron chi connectivity index (χ3n) is 2.20. The van der Waals surface area contributed by atoms with Crippen molar-refractivity contribution in [3.8, 4) is 0 Å². The molecule has 0 bridgehead atoms. The maximum Gasteiger partial charge on any atom is 0.441 e. The van der Waals surface area contributed by atoms with Gasteiger partial charge in [0.2, 0.25) is 0 Å². The molecule has 1 aliphatic heterocycles. The average Bonchev–Trinajstić information content (AvgIpc) is 2.23. The Morgan fingerprint density at radius 2 is 2.29 bits per heavy atom. The summed E-state index contributed by atoms with van der Waals surface area (Å²) in [5, 5.41) is 0. The molecular formula is C9H16F3N3OS. The summed E-state index contributed by atoms with van der Waals surface area (Å²) in [5.41, 5.74) is 1.49. The lowest BCUT2D eigenvalue weighted by molar-refractivity contribution is -0.0327. The van der Waals surface area contributed by atoms with Gasteiger partial charge in [0, 0.05) is 18.8 Å². The molecule has 0 aromatic rings. The number of ether oxygens (including phenoxy) is 1. The van der Waals surface area contributed by atoms with Crippen LogP contribution < -0.4 is 5.73 Å². The number of guanidine groups is 1. The van der Waals surface area contributed by atoms with Gasteiger partial charge < -0.3 is 15.4 Å². The van der Waals surface area contributed by atoms with E-state index in [9.17, 15) is 13.2 Å². The topological polar surface area (TPSA) is 50.8 Å². The zero-order chi connectivity index (χ0) is 12.9. The van der Waals surface area contributed by atoms with Crippen LogP contribution in [0.15, 0.2) is 4.99 Å². The summed E-state index contributed by atoms with van der Waals surface area (Å²) in [6.07, 6.45) is 0.0713. The molecule has 17 heavy (non-hydrogen) atoms. The molecular weight excluding hydrogens is 255 g/mol. The van der Waals surface area contributed by atoms with Gasteiger partial charge in [-0.25, -0.2) is 0 Å². The van der Waals surface area contributed by atoms with Crippen LogP contribution in [0.25, 0.3) is 0 Å². The van der Waals surface area contributed by atoms with Crippen molar-refractivity contribution in [2.24, 2.45) is 10.7 Å². The summed E-state index contributed by atoms with van der Waals surface area (Å²) in [5.74, 6) is 0.187. The van der Waals surface area contributed by atoms with E-state index in [0.717, 1.165) is 0 Å². The summed E-state index contributed by atoms with van der Waals surface area (Å²) >= 11 is -0.0831. The number of nitrogens with two attached hydrogens (primary N) is 1. The molecule has 0 aromatic heterocycles. The highest BCUT2D eigenvalue weighted by molar-refractivity contribution is 8.00. The fraction of sp³-hybridized carbons (Fsp3) is 0.889. The molecule has 1 atom stereocenters. The number of morpholine rings is 1. The molecule has 0 spiro atoms. The molecule has 1 heterocycles. The third-order valence-corrected chi connectivity index (χ3v) is 2.91. The van der Waals surface area contributed by atoms with Gasteiger partial charge in [-0.3, -0.25) is 4.99 Å². The van der Waals surface area contributed by atoms with Crippen LogP contribution in [0.2, 0.25) is 0 Å². The monoisotopic (exact) mass is 271 g/mol. The summed E-state index contributed by atoms with van der Waals surface area (Å²) in [7, 11) is 0. The van der Waals surface area contributed by atoms with Crippen molar-refractivity contribution in [3.05, 3.63) is 0 Å². The lowest BCUT2D eigenvalue weighted by Crippen LogP contribution is -2.48. The molecule has 1 rings (SSSR count). The second-order valence-corrected chi connectivity index (χ2v) is 4.82. The Bertz CT molecular complexity index is 273. The van der Waals surface area contributed by atoms with Gasteiger partial charge in [-0.05, 0) is 18.7 Å². The molecule has 100 valence electrons. The van der Waals surface area contributed by atoms with Crippen LogP contribution in [-0.2, 0) is 4.74 Å². The zero-order valence-corrected chi connectivity index (χ0v) is 10.4. The molecule has 0 saturated carbocycles. The molecule has 1 fully saturated rings. The molecule has 4 nitrogen and oxygen atoms in total. The van der Waals surface area contributed by atoms with Gasteiger partial charge in [0.05, 0.1) is 19.3 Å². The van der Waals surface area contributed by atoms with Gasteiger partial charge in [-0.2, -0.15) is 13.2 Å². The van der Waals surface area contributed by atoms with Crippen LogP contribution in [0.5, 0.6) is 0 Å². The van der Waals surface area contributed by atoms with Gasteiger partial charge in [0.1, 0.15) is 0 Å². The number of hydrogen-bond donors (Lipinski definition) is 1. The number of thioether (sulfide) groups is 1. The van der Waals surface area contributed by atoms with E-state index in [1.54, 1.807) is 0 Å². The third kappa shape index (κ3) is 6.02. The highest BCUT2D eigenvalue weighted by Gasteiger charge is 2.27. The zero-order valence-electron chi connectivity index (χ0n) is 9.54. The Hall–Kier alpha value is -0.630. The Balaban J connectivity index is 2.28. The van der Waals surface area contributed by atoms with Crippen LogP contribution in [0.4, 0.5) is 13.2 Å². The minimum absolute atomic E-state index is 0.0712. The molecule has 0 aliphatic carbocycles. The average molecular weight is 271 g/mol. The fourth-order valence-corrected chi connectivity index (χ4v) is 1.86. The summed E-state index contributed by atoms with van der Waals surface area (Å²) < 4.78 is 40.9. The number of aliphatic imine (C=N–C) groups is 1. The van der Waals surface area contributed by atoms with Crippen molar-refractivity contribution in [2.45, 2.75) is 18.5 Å². The van der Waals surface area contributed by atoms with Crippen molar-refractivity contribution >= 4 is 17.7 Å². The summed E-state index contributed by atoms with van der Waals surface area (Å²) in [6, 6.07) is 0. The predicted octanol–water partition coefficient (Wildman–Crippen LogP) is 1.27. The van der Waals surface area contributed by atoms with Crippen molar-refractivity contribution < 1.29 is 17.9 Å². The van der Waals surface area contributed by atoms with Crippen LogP contribution in [0.1, 0.15) is 6.92 Å². The maximum absolute atomic E-state index is 11.8. The number of hydrogen-bond acceptors (Lipinski definition) is 3. The highest BCUT2D eigenvalue weighted by atomic mass is 32.2. The number of nitrogens with zero attached hydrogens (tertiary/aromatic N) is 2. The van der Waals surface area contributed by atoms with E-state index in [-0.39, 0.29) is 30.2 Å². The second-order valence-electron chi connectivity index (χ2n) is 3.66. The van der Waals surface area contributed by atoms with Gasteiger partial charge in [0.25, 0.3) is 0 Å². The normalized spacial score (nSPS) is 22.9. The first-order valence-electron chi connectivity index (χ1n) is 5.25. The standard InChI is InChI=1S/C9H16F3N3OS/c1-7-6-15(3-4-16-7)8(13)14-2-5-17-9(10,11)12/h7H,2-6H2,1H3,(H2,13,14). The lowest BCUT2D eigenvalue weighted by Gasteiger charge is -2.31. The SMILES string of the molecule is CC1CN(C(N)=NCCSC(F)(F)F)CCO1.